The maximum atomic E-state index is 12.2. The largest absolute Gasteiger partial charge is 0.482 e. The van der Waals surface area contributed by atoms with Crippen molar-refractivity contribution in [2.75, 3.05) is 31.7 Å². The van der Waals surface area contributed by atoms with Crippen LogP contribution in [0.15, 0.2) is 24.3 Å². The van der Waals surface area contributed by atoms with Crippen LogP contribution >= 0.6 is 0 Å². The van der Waals surface area contributed by atoms with Gasteiger partial charge in [-0.05, 0) is 19.1 Å². The van der Waals surface area contributed by atoms with Gasteiger partial charge in [-0.1, -0.05) is 6.07 Å². The molecule has 2 N–H and O–H groups in total. The van der Waals surface area contributed by atoms with Gasteiger partial charge in [0.2, 0.25) is 0 Å². The van der Waals surface area contributed by atoms with E-state index in [4.69, 9.17) is 14.6 Å². The van der Waals surface area contributed by atoms with Crippen LogP contribution in [0.3, 0.4) is 0 Å². The van der Waals surface area contributed by atoms with Crippen molar-refractivity contribution in [1.82, 2.24) is 4.90 Å². The van der Waals surface area contributed by atoms with Crippen molar-refractivity contribution >= 4 is 17.7 Å². The lowest BCUT2D eigenvalue weighted by Crippen LogP contribution is -2.48. The van der Waals surface area contributed by atoms with Gasteiger partial charge in [-0.2, -0.15) is 0 Å². The van der Waals surface area contributed by atoms with Crippen molar-refractivity contribution in [1.29, 1.82) is 0 Å². The van der Waals surface area contributed by atoms with Gasteiger partial charge in [-0.3, -0.25) is 0 Å². The summed E-state index contributed by atoms with van der Waals surface area (Å²) in [5, 5.41) is 11.3. The quantitative estimate of drug-likeness (QED) is 0.876. The number of hydrogen-bond donors (Lipinski definition) is 2. The lowest BCUT2D eigenvalue weighted by atomic mass is 10.2. The summed E-state index contributed by atoms with van der Waals surface area (Å²) in [6, 6.07) is 6.44. The predicted molar refractivity (Wildman–Crippen MR) is 75.6 cm³/mol. The zero-order chi connectivity index (χ0) is 15.2. The Balaban J connectivity index is 1.97. The van der Waals surface area contributed by atoms with Crippen molar-refractivity contribution in [3.05, 3.63) is 24.3 Å². The monoisotopic (exact) mass is 294 g/mol. The number of ether oxygens (including phenoxy) is 2. The molecule has 2 rings (SSSR count). The molecule has 0 aliphatic carbocycles. The molecular weight excluding hydrogens is 276 g/mol. The molecule has 1 aliphatic heterocycles. The molecule has 1 aromatic carbocycles. The van der Waals surface area contributed by atoms with E-state index in [-0.39, 0.29) is 12.1 Å². The Hall–Kier alpha value is -2.28. The maximum absolute atomic E-state index is 12.2. The van der Waals surface area contributed by atoms with E-state index in [2.05, 4.69) is 5.32 Å². The summed E-state index contributed by atoms with van der Waals surface area (Å²) in [7, 11) is 0. The number of nitrogens with zero attached hydrogens (tertiary/aromatic N) is 1. The SMILES string of the molecule is CC1COCCN1C(=O)Nc1cccc(OCC(=O)O)c1. The van der Waals surface area contributed by atoms with Crippen LogP contribution in [-0.2, 0) is 9.53 Å². The highest BCUT2D eigenvalue weighted by Gasteiger charge is 2.23. The molecule has 0 aromatic heterocycles. The molecule has 0 bridgehead atoms. The summed E-state index contributed by atoms with van der Waals surface area (Å²) >= 11 is 0. The van der Waals surface area contributed by atoms with Crippen LogP contribution in [0.1, 0.15) is 6.92 Å². The smallest absolute Gasteiger partial charge is 0.341 e. The first-order valence-corrected chi connectivity index (χ1v) is 6.66. The van der Waals surface area contributed by atoms with E-state index in [1.807, 2.05) is 6.92 Å². The fourth-order valence-electron chi connectivity index (χ4n) is 2.03. The summed E-state index contributed by atoms with van der Waals surface area (Å²) in [6.45, 7) is 3.10. The molecule has 21 heavy (non-hydrogen) atoms. The lowest BCUT2D eigenvalue weighted by molar-refractivity contribution is -0.139. The highest BCUT2D eigenvalue weighted by atomic mass is 16.5. The molecule has 114 valence electrons. The van der Waals surface area contributed by atoms with Crippen LogP contribution in [0.2, 0.25) is 0 Å². The predicted octanol–water partition coefficient (Wildman–Crippen LogP) is 1.40. The molecule has 0 spiro atoms. The Morgan fingerprint density at radius 3 is 3.05 bits per heavy atom. The number of aliphatic carboxylic acids is 1. The number of carboxylic acid groups (broad SMARTS) is 1. The number of rotatable bonds is 4. The van der Waals surface area contributed by atoms with E-state index >= 15 is 0 Å². The van der Waals surface area contributed by atoms with E-state index < -0.39 is 12.6 Å². The Kier molecular flexibility index (Phi) is 4.99. The first-order chi connectivity index (χ1) is 10.1. The number of carbonyl (C=O) groups is 2. The van der Waals surface area contributed by atoms with Crippen molar-refractivity contribution in [3.63, 3.8) is 0 Å². The van der Waals surface area contributed by atoms with Crippen molar-refractivity contribution in [3.8, 4) is 5.75 Å². The van der Waals surface area contributed by atoms with Gasteiger partial charge in [-0.15, -0.1) is 0 Å². The van der Waals surface area contributed by atoms with Crippen LogP contribution in [0.25, 0.3) is 0 Å². The van der Waals surface area contributed by atoms with E-state index in [0.717, 1.165) is 0 Å². The molecular formula is C14H18N2O5. The highest BCUT2D eigenvalue weighted by Crippen LogP contribution is 2.18. The van der Waals surface area contributed by atoms with E-state index in [1.54, 1.807) is 29.2 Å². The zero-order valence-electron chi connectivity index (χ0n) is 11.7. The van der Waals surface area contributed by atoms with Gasteiger partial charge in [0.15, 0.2) is 6.61 Å². The molecule has 1 unspecified atom stereocenters. The number of nitrogens with one attached hydrogen (secondary N) is 1. The third-order valence-corrected chi connectivity index (χ3v) is 3.08. The highest BCUT2D eigenvalue weighted by molar-refractivity contribution is 5.89. The molecule has 2 amide bonds. The molecule has 7 heteroatoms. The minimum Gasteiger partial charge on any atom is -0.482 e. The summed E-state index contributed by atoms with van der Waals surface area (Å²) < 4.78 is 10.4. The summed E-state index contributed by atoms with van der Waals surface area (Å²) in [4.78, 5) is 24.3. The lowest BCUT2D eigenvalue weighted by Gasteiger charge is -2.33. The second-order valence-electron chi connectivity index (χ2n) is 4.76. The Morgan fingerprint density at radius 2 is 2.33 bits per heavy atom. The third-order valence-electron chi connectivity index (χ3n) is 3.08. The summed E-state index contributed by atoms with van der Waals surface area (Å²) in [5.41, 5.74) is 0.557. The molecule has 1 heterocycles. The maximum Gasteiger partial charge on any atom is 0.341 e. The Morgan fingerprint density at radius 1 is 1.52 bits per heavy atom. The minimum absolute atomic E-state index is 0.0187. The normalized spacial score (nSPS) is 18.1. The van der Waals surface area contributed by atoms with Gasteiger partial charge in [-0.25, -0.2) is 9.59 Å². The zero-order valence-corrected chi connectivity index (χ0v) is 11.7. The number of morpholine rings is 1. The van der Waals surface area contributed by atoms with Gasteiger partial charge < -0.3 is 24.8 Å². The van der Waals surface area contributed by atoms with Crippen molar-refractivity contribution in [2.45, 2.75) is 13.0 Å². The number of amides is 2. The molecule has 1 aliphatic rings. The van der Waals surface area contributed by atoms with Crippen LogP contribution in [0.5, 0.6) is 5.75 Å². The van der Waals surface area contributed by atoms with Crippen LogP contribution in [-0.4, -0.2) is 54.4 Å². The fourth-order valence-corrected chi connectivity index (χ4v) is 2.03. The van der Waals surface area contributed by atoms with Gasteiger partial charge in [0.25, 0.3) is 0 Å². The molecule has 7 nitrogen and oxygen atoms in total. The van der Waals surface area contributed by atoms with Crippen molar-refractivity contribution < 1.29 is 24.2 Å². The molecule has 0 saturated carbocycles. The number of carbonyl (C=O) groups excluding carboxylic acids is 1. The van der Waals surface area contributed by atoms with Crippen molar-refractivity contribution in [2.24, 2.45) is 0 Å². The molecule has 1 fully saturated rings. The first kappa shape index (κ1) is 15.1. The van der Waals surface area contributed by atoms with E-state index in [9.17, 15) is 9.59 Å². The third kappa shape index (κ3) is 4.35. The first-order valence-electron chi connectivity index (χ1n) is 6.66. The number of urea groups is 1. The van der Waals surface area contributed by atoms with Gasteiger partial charge in [0.1, 0.15) is 5.75 Å². The van der Waals surface area contributed by atoms with Crippen LogP contribution in [0.4, 0.5) is 10.5 Å². The van der Waals surface area contributed by atoms with Crippen LogP contribution < -0.4 is 10.1 Å². The summed E-state index contributed by atoms with van der Waals surface area (Å²) in [5.74, 6) is -0.656. The topological polar surface area (TPSA) is 88.1 Å². The number of carboxylic acids is 1. The van der Waals surface area contributed by atoms with Crippen LogP contribution in [0, 0.1) is 0 Å². The van der Waals surface area contributed by atoms with E-state index in [0.29, 0.717) is 31.2 Å². The van der Waals surface area contributed by atoms with Gasteiger partial charge in [0, 0.05) is 18.3 Å². The minimum atomic E-state index is -1.05. The molecule has 0 radical (unpaired) electrons. The second-order valence-corrected chi connectivity index (χ2v) is 4.76. The van der Waals surface area contributed by atoms with Gasteiger partial charge in [0.05, 0.1) is 19.3 Å². The molecule has 1 aromatic rings. The summed E-state index contributed by atoms with van der Waals surface area (Å²) in [6.07, 6.45) is 0. The Labute approximate surface area is 122 Å². The standard InChI is InChI=1S/C14H18N2O5/c1-10-8-20-6-5-16(10)14(19)15-11-3-2-4-12(7-11)21-9-13(17)18/h2-4,7,10H,5-6,8-9H2,1H3,(H,15,19)(H,17,18). The Bertz CT molecular complexity index is 520. The number of anilines is 1. The average molecular weight is 294 g/mol. The second kappa shape index (κ2) is 6.94. The number of benzene rings is 1. The fraction of sp³-hybridized carbons (Fsp3) is 0.429. The average Bonchev–Trinajstić information content (AvgIpc) is 2.46. The molecule has 1 saturated heterocycles. The van der Waals surface area contributed by atoms with E-state index in [1.165, 1.54) is 0 Å². The molecule has 1 atom stereocenters. The number of hydrogen-bond acceptors (Lipinski definition) is 4. The van der Waals surface area contributed by atoms with Gasteiger partial charge >= 0.3 is 12.0 Å².